The van der Waals surface area contributed by atoms with Crippen LogP contribution in [0.1, 0.15) is 125 Å². The quantitative estimate of drug-likeness (QED) is 0.278. The minimum absolute atomic E-state index is 0.287. The third-order valence-electron chi connectivity index (χ3n) is 3.52. The lowest BCUT2D eigenvalue weighted by Crippen LogP contribution is -2.43. The van der Waals surface area contributed by atoms with Crippen molar-refractivity contribution in [2.45, 2.75) is 158 Å². The van der Waals surface area contributed by atoms with Crippen LogP contribution in [0.15, 0.2) is 0 Å². The van der Waals surface area contributed by atoms with Gasteiger partial charge in [-0.15, -0.1) is 40.2 Å². The van der Waals surface area contributed by atoms with Crippen LogP contribution in [0.3, 0.4) is 0 Å². The lowest BCUT2D eigenvalue weighted by molar-refractivity contribution is 0.521. The molecule has 1 heterocycles. The van der Waals surface area contributed by atoms with Crippen LogP contribution in [0.2, 0.25) is 0 Å². The van der Waals surface area contributed by atoms with E-state index in [1.54, 1.807) is 0 Å². The van der Waals surface area contributed by atoms with E-state index in [4.69, 9.17) is 29.8 Å². The van der Waals surface area contributed by atoms with Crippen LogP contribution in [0, 0.1) is 0 Å². The summed E-state index contributed by atoms with van der Waals surface area (Å²) in [6, 6.07) is 0. The Morgan fingerprint density at radius 1 is 0.361 bits per heavy atom. The van der Waals surface area contributed by atoms with Crippen molar-refractivity contribution in [3.05, 3.63) is 29.8 Å². The van der Waals surface area contributed by atoms with Crippen molar-refractivity contribution in [2.75, 3.05) is 0 Å². The molecule has 36 heavy (non-hydrogen) atoms. The second-order valence-electron chi connectivity index (χ2n) is 15.9. The van der Waals surface area contributed by atoms with Crippen molar-refractivity contribution in [1.29, 1.82) is 0 Å². The van der Waals surface area contributed by atoms with E-state index in [-0.39, 0.29) is 33.2 Å². The predicted octanol–water partition coefficient (Wildman–Crippen LogP) is 10.8. The van der Waals surface area contributed by atoms with Crippen molar-refractivity contribution in [2.24, 2.45) is 0 Å². The zero-order valence-corrected chi connectivity index (χ0v) is 29.2. The summed E-state index contributed by atoms with van der Waals surface area (Å²) in [5.41, 5.74) is -2.00. The monoisotopic (exact) mass is 564 g/mol. The van der Waals surface area contributed by atoms with Gasteiger partial charge >= 0.3 is 0 Å². The SMILES string of the molecule is CC(C)(C)[N-][P+]1(NC(C)(C)C)[N-][P+]([N-]C(C)(C)C)(NC(C)(C)C)[N-][P+]([N-]C(C)(C)C)(NC(C)(C)C)[N-]1. The molecule has 0 bridgehead atoms. The molecule has 0 unspecified atom stereocenters. The van der Waals surface area contributed by atoms with Crippen LogP contribution in [-0.4, -0.2) is 33.2 Å². The van der Waals surface area contributed by atoms with Crippen molar-refractivity contribution in [1.82, 2.24) is 15.3 Å². The Labute approximate surface area is 226 Å². The maximum atomic E-state index is 5.50. The maximum absolute atomic E-state index is 5.50. The molecular formula is C24H57N9P3-3. The van der Waals surface area contributed by atoms with Gasteiger partial charge in [0, 0.05) is 16.6 Å². The largest absolute Gasteiger partial charge is 0.490 e. The van der Waals surface area contributed by atoms with Crippen LogP contribution >= 0.6 is 23.6 Å². The molecule has 0 aromatic heterocycles. The summed E-state index contributed by atoms with van der Waals surface area (Å²) in [7, 11) is -8.71. The molecule has 1 aliphatic rings. The van der Waals surface area contributed by atoms with Gasteiger partial charge < -0.3 is 29.8 Å². The van der Waals surface area contributed by atoms with Gasteiger partial charge in [0.2, 0.25) is 0 Å². The van der Waals surface area contributed by atoms with E-state index in [0.29, 0.717) is 0 Å². The summed E-state index contributed by atoms with van der Waals surface area (Å²) in [6.07, 6.45) is 0. The van der Waals surface area contributed by atoms with E-state index in [0.717, 1.165) is 0 Å². The molecule has 0 spiro atoms. The normalized spacial score (nSPS) is 29.5. The molecule has 1 aliphatic heterocycles. The summed E-state index contributed by atoms with van der Waals surface area (Å²) >= 11 is 0. The Balaban J connectivity index is 4.04. The van der Waals surface area contributed by atoms with Gasteiger partial charge in [0.15, 0.2) is 0 Å². The minimum Gasteiger partial charge on any atom is -0.490 e. The second-order valence-corrected chi connectivity index (χ2v) is 22.7. The Hall–Kier alpha value is 0.930. The van der Waals surface area contributed by atoms with Crippen molar-refractivity contribution in [3.8, 4) is 0 Å². The van der Waals surface area contributed by atoms with Crippen LogP contribution < -0.4 is 15.3 Å². The average molecular weight is 565 g/mol. The zero-order chi connectivity index (χ0) is 28.9. The van der Waals surface area contributed by atoms with Crippen molar-refractivity contribution >= 4 is 23.6 Å². The van der Waals surface area contributed by atoms with E-state index < -0.39 is 23.6 Å². The first-order valence-corrected chi connectivity index (χ1v) is 17.8. The highest BCUT2D eigenvalue weighted by atomic mass is 31.3. The van der Waals surface area contributed by atoms with Gasteiger partial charge in [-0.1, -0.05) is 62.3 Å². The molecule has 12 heteroatoms. The molecule has 0 saturated carbocycles. The Morgan fingerprint density at radius 2 is 0.528 bits per heavy atom. The second kappa shape index (κ2) is 10.7. The number of nitrogens with zero attached hydrogens (tertiary/aromatic N) is 6. The summed E-state index contributed by atoms with van der Waals surface area (Å²) in [5, 5.41) is 27.4. The highest BCUT2D eigenvalue weighted by Gasteiger charge is 2.42. The number of hydrogen-bond donors (Lipinski definition) is 3. The molecule has 0 aromatic carbocycles. The Morgan fingerprint density at radius 3 is 0.639 bits per heavy atom. The summed E-state index contributed by atoms with van der Waals surface area (Å²) in [5.74, 6) is 0. The van der Waals surface area contributed by atoms with Gasteiger partial charge in [0.1, 0.15) is 0 Å². The number of rotatable bonds is 6. The Bertz CT molecular complexity index is 573. The standard InChI is InChI=1S/C24H57N9P3/c1-19(2,3)25-34(26-20(4,5)6)31-35(27-21(7,8)9,28-22(10,11)12)33-36(32-34,29-23(13,14)15)30-24(16,17)18/h25,27,29H,1-18H3/q-3. The lowest BCUT2D eigenvalue weighted by Gasteiger charge is -2.81. The highest BCUT2D eigenvalue weighted by molar-refractivity contribution is 8.15. The van der Waals surface area contributed by atoms with Crippen LogP contribution in [0.4, 0.5) is 0 Å². The van der Waals surface area contributed by atoms with Crippen LogP contribution in [0.5, 0.6) is 0 Å². The van der Waals surface area contributed by atoms with E-state index in [9.17, 15) is 0 Å². The fourth-order valence-electron chi connectivity index (χ4n) is 3.51. The van der Waals surface area contributed by atoms with Gasteiger partial charge in [-0.3, -0.25) is 0 Å². The predicted molar refractivity (Wildman–Crippen MR) is 169 cm³/mol. The molecule has 0 radical (unpaired) electrons. The third-order valence-corrected chi connectivity index (χ3v) is 15.1. The third kappa shape index (κ3) is 13.3. The van der Waals surface area contributed by atoms with Crippen molar-refractivity contribution in [3.63, 3.8) is 0 Å². The first-order valence-electron chi connectivity index (χ1n) is 12.9. The van der Waals surface area contributed by atoms with E-state index in [2.05, 4.69) is 140 Å². The Kier molecular flexibility index (Phi) is 10.4. The molecule has 1 saturated heterocycles. The first kappa shape index (κ1) is 35.0. The molecule has 9 nitrogen and oxygen atoms in total. The summed E-state index contributed by atoms with van der Waals surface area (Å²) in [6.45, 7) is 38.2. The van der Waals surface area contributed by atoms with E-state index in [1.165, 1.54) is 0 Å². The lowest BCUT2D eigenvalue weighted by atomic mass is 10.1. The van der Waals surface area contributed by atoms with Crippen molar-refractivity contribution < 1.29 is 0 Å². The van der Waals surface area contributed by atoms with Gasteiger partial charge in [-0.2, -0.15) is 0 Å². The molecule has 3 N–H and O–H groups in total. The minimum atomic E-state index is -2.90. The fourth-order valence-corrected chi connectivity index (χ4v) is 16.5. The number of nitrogens with one attached hydrogen (secondary N) is 3. The van der Waals surface area contributed by atoms with Gasteiger partial charge in [0.05, 0.1) is 0 Å². The molecule has 1 rings (SSSR count). The topological polar surface area (TPSA) is 121 Å². The highest BCUT2D eigenvalue weighted by Crippen LogP contribution is 3.06. The average Bonchev–Trinajstić information content (AvgIpc) is 2.30. The number of hydrogen-bond acceptors (Lipinski definition) is 3. The molecule has 1 fully saturated rings. The molecule has 0 atom stereocenters. The van der Waals surface area contributed by atoms with Gasteiger partial charge in [-0.05, 0) is 62.3 Å². The van der Waals surface area contributed by atoms with Crippen LogP contribution in [-0.2, 0) is 0 Å². The van der Waals surface area contributed by atoms with E-state index >= 15 is 0 Å². The molecule has 0 amide bonds. The maximum Gasteiger partial charge on any atom is 0.0404 e. The molecule has 0 aromatic rings. The van der Waals surface area contributed by atoms with E-state index in [1.807, 2.05) is 0 Å². The fraction of sp³-hybridized carbons (Fsp3) is 1.00. The van der Waals surface area contributed by atoms with Gasteiger partial charge in [-0.25, -0.2) is 15.3 Å². The zero-order valence-electron chi connectivity index (χ0n) is 26.5. The van der Waals surface area contributed by atoms with Gasteiger partial charge in [0.25, 0.3) is 0 Å². The molecule has 216 valence electrons. The molecular weight excluding hydrogens is 507 g/mol. The summed E-state index contributed by atoms with van der Waals surface area (Å²) in [4.78, 5) is 16.5. The van der Waals surface area contributed by atoms with Crippen LogP contribution in [0.25, 0.3) is 29.8 Å². The smallest absolute Gasteiger partial charge is 0.0404 e. The summed E-state index contributed by atoms with van der Waals surface area (Å²) < 4.78 is 0. The molecule has 0 aliphatic carbocycles. The first-order chi connectivity index (χ1) is 15.4.